The van der Waals surface area contributed by atoms with Crippen LogP contribution in [0.5, 0.6) is 0 Å². The molecule has 5 nitrogen and oxygen atoms in total. The van der Waals surface area contributed by atoms with E-state index in [9.17, 15) is 4.79 Å². The molecule has 1 heterocycles. The van der Waals surface area contributed by atoms with Gasteiger partial charge in [0.25, 0.3) is 5.91 Å². The molecule has 7 heteroatoms. The molecule has 0 radical (unpaired) electrons. The number of nitrogens with zero attached hydrogens (tertiary/aromatic N) is 3. The van der Waals surface area contributed by atoms with Crippen LogP contribution in [0.1, 0.15) is 40.3 Å². The second kappa shape index (κ2) is 8.59. The predicted molar refractivity (Wildman–Crippen MR) is 109 cm³/mol. The van der Waals surface area contributed by atoms with Gasteiger partial charge in [0.2, 0.25) is 0 Å². The zero-order valence-corrected chi connectivity index (χ0v) is 17.0. The van der Waals surface area contributed by atoms with E-state index >= 15 is 0 Å². The van der Waals surface area contributed by atoms with Crippen LogP contribution >= 0.6 is 23.4 Å². The molecule has 1 unspecified atom stereocenters. The fraction of sp³-hybridized carbons (Fsp3) is 0.250. The van der Waals surface area contributed by atoms with E-state index in [1.54, 1.807) is 11.8 Å². The second-order valence-electron chi connectivity index (χ2n) is 6.38. The molecule has 1 amide bonds. The maximum atomic E-state index is 12.4. The molecule has 0 spiro atoms. The summed E-state index contributed by atoms with van der Waals surface area (Å²) in [5, 5.41) is 13.0. The van der Waals surface area contributed by atoms with Gasteiger partial charge in [0.05, 0.1) is 6.04 Å². The Morgan fingerprint density at radius 3 is 2.48 bits per heavy atom. The Bertz CT molecular complexity index is 922. The number of carbonyl (C=O) groups is 1. The second-order valence-corrected chi connectivity index (χ2v) is 7.76. The molecule has 140 valence electrons. The molecule has 3 rings (SSSR count). The molecular weight excluding hydrogens is 380 g/mol. The van der Waals surface area contributed by atoms with E-state index in [-0.39, 0.29) is 11.9 Å². The van der Waals surface area contributed by atoms with Gasteiger partial charge in [-0.2, -0.15) is 0 Å². The first-order chi connectivity index (χ1) is 12.9. The number of nitrogens with one attached hydrogen (secondary N) is 1. The van der Waals surface area contributed by atoms with Crippen LogP contribution in [-0.4, -0.2) is 20.7 Å². The van der Waals surface area contributed by atoms with E-state index in [0.29, 0.717) is 11.4 Å². The van der Waals surface area contributed by atoms with E-state index < -0.39 is 0 Å². The van der Waals surface area contributed by atoms with Gasteiger partial charge in [-0.3, -0.25) is 4.79 Å². The molecule has 1 N–H and O–H groups in total. The van der Waals surface area contributed by atoms with Gasteiger partial charge in [-0.05, 0) is 43.7 Å². The van der Waals surface area contributed by atoms with Crippen LogP contribution in [0.4, 0.5) is 0 Å². The number of benzene rings is 2. The zero-order chi connectivity index (χ0) is 19.4. The van der Waals surface area contributed by atoms with Crippen molar-refractivity contribution in [1.29, 1.82) is 0 Å². The molecule has 1 aromatic heterocycles. The van der Waals surface area contributed by atoms with Crippen molar-refractivity contribution in [3.63, 3.8) is 0 Å². The SMILES string of the molecule is Cc1ccc(C(=O)NC(C)c2nnc(SCc3ccc(Cl)cc3)n2C)cc1. The normalized spacial score (nSPS) is 12.0. The Labute approximate surface area is 168 Å². The standard InChI is InChI=1S/C20H21ClN4OS/c1-13-4-8-16(9-5-13)19(26)22-14(2)18-23-24-20(25(18)3)27-12-15-6-10-17(21)11-7-15/h4-11,14H,12H2,1-3H3,(H,22,26). The van der Waals surface area contributed by atoms with Gasteiger partial charge in [-0.1, -0.05) is 53.2 Å². The van der Waals surface area contributed by atoms with Crippen molar-refractivity contribution in [2.75, 3.05) is 0 Å². The van der Waals surface area contributed by atoms with Crippen LogP contribution in [0.15, 0.2) is 53.7 Å². The van der Waals surface area contributed by atoms with Gasteiger partial charge in [0, 0.05) is 23.4 Å². The fourth-order valence-electron chi connectivity index (χ4n) is 2.61. The van der Waals surface area contributed by atoms with Crippen molar-refractivity contribution in [1.82, 2.24) is 20.1 Å². The largest absolute Gasteiger partial charge is 0.342 e. The highest BCUT2D eigenvalue weighted by atomic mass is 35.5. The number of hydrogen-bond donors (Lipinski definition) is 1. The van der Waals surface area contributed by atoms with Crippen LogP contribution in [0.2, 0.25) is 5.02 Å². The first-order valence-corrected chi connectivity index (χ1v) is 9.94. The highest BCUT2D eigenvalue weighted by Gasteiger charge is 2.18. The van der Waals surface area contributed by atoms with Gasteiger partial charge in [0.15, 0.2) is 11.0 Å². The Morgan fingerprint density at radius 1 is 1.15 bits per heavy atom. The lowest BCUT2D eigenvalue weighted by molar-refractivity contribution is 0.0937. The minimum absolute atomic E-state index is 0.124. The third kappa shape index (κ3) is 4.90. The lowest BCUT2D eigenvalue weighted by atomic mass is 10.1. The molecule has 0 saturated heterocycles. The van der Waals surface area contributed by atoms with Crippen molar-refractivity contribution >= 4 is 29.3 Å². The quantitative estimate of drug-likeness (QED) is 0.616. The van der Waals surface area contributed by atoms with Crippen LogP contribution < -0.4 is 5.32 Å². The third-order valence-electron chi connectivity index (χ3n) is 4.20. The number of halogens is 1. The number of carbonyl (C=O) groups excluding carboxylic acids is 1. The molecule has 2 aromatic carbocycles. The molecule has 1 atom stereocenters. The Kier molecular flexibility index (Phi) is 6.19. The molecule has 0 saturated carbocycles. The number of amides is 1. The van der Waals surface area contributed by atoms with Gasteiger partial charge in [-0.25, -0.2) is 0 Å². The zero-order valence-electron chi connectivity index (χ0n) is 15.4. The Morgan fingerprint density at radius 2 is 1.81 bits per heavy atom. The average molecular weight is 401 g/mol. The van der Waals surface area contributed by atoms with Gasteiger partial charge >= 0.3 is 0 Å². The maximum absolute atomic E-state index is 12.4. The average Bonchev–Trinajstić information content (AvgIpc) is 3.02. The van der Waals surface area contributed by atoms with Crippen LogP contribution in [0.3, 0.4) is 0 Å². The summed E-state index contributed by atoms with van der Waals surface area (Å²) in [4.78, 5) is 12.4. The van der Waals surface area contributed by atoms with E-state index in [4.69, 9.17) is 11.6 Å². The molecular formula is C20H21ClN4OS. The number of aromatic nitrogens is 3. The Balaban J connectivity index is 1.64. The summed E-state index contributed by atoms with van der Waals surface area (Å²) in [5.41, 5.74) is 2.91. The predicted octanol–water partition coefficient (Wildman–Crippen LogP) is 4.56. The lowest BCUT2D eigenvalue weighted by Gasteiger charge is -2.13. The van der Waals surface area contributed by atoms with Crippen LogP contribution in [0, 0.1) is 6.92 Å². The van der Waals surface area contributed by atoms with Crippen LogP contribution in [-0.2, 0) is 12.8 Å². The molecule has 0 aliphatic carbocycles. The number of hydrogen-bond acceptors (Lipinski definition) is 4. The summed E-state index contributed by atoms with van der Waals surface area (Å²) >= 11 is 7.51. The number of aryl methyl sites for hydroxylation is 1. The maximum Gasteiger partial charge on any atom is 0.251 e. The van der Waals surface area contributed by atoms with E-state index in [2.05, 4.69) is 15.5 Å². The van der Waals surface area contributed by atoms with Crippen molar-refractivity contribution < 1.29 is 4.79 Å². The lowest BCUT2D eigenvalue weighted by Crippen LogP contribution is -2.28. The van der Waals surface area contributed by atoms with E-state index in [1.165, 1.54) is 0 Å². The molecule has 0 bridgehead atoms. The highest BCUT2D eigenvalue weighted by Crippen LogP contribution is 2.23. The first-order valence-electron chi connectivity index (χ1n) is 8.58. The molecule has 0 fully saturated rings. The molecule has 3 aromatic rings. The van der Waals surface area contributed by atoms with Gasteiger partial charge in [-0.15, -0.1) is 10.2 Å². The van der Waals surface area contributed by atoms with Crippen molar-refractivity contribution in [2.24, 2.45) is 7.05 Å². The smallest absolute Gasteiger partial charge is 0.251 e. The summed E-state index contributed by atoms with van der Waals surface area (Å²) in [6.07, 6.45) is 0. The molecule has 0 aliphatic rings. The summed E-state index contributed by atoms with van der Waals surface area (Å²) in [6, 6.07) is 15.0. The topological polar surface area (TPSA) is 59.8 Å². The number of rotatable bonds is 6. The molecule has 27 heavy (non-hydrogen) atoms. The summed E-state index contributed by atoms with van der Waals surface area (Å²) in [7, 11) is 1.91. The number of thioether (sulfide) groups is 1. The van der Waals surface area contributed by atoms with Crippen molar-refractivity contribution in [2.45, 2.75) is 30.8 Å². The van der Waals surface area contributed by atoms with Gasteiger partial charge in [0.1, 0.15) is 0 Å². The van der Waals surface area contributed by atoms with E-state index in [1.807, 2.05) is 74.0 Å². The summed E-state index contributed by atoms with van der Waals surface area (Å²) in [6.45, 7) is 3.90. The fourth-order valence-corrected chi connectivity index (χ4v) is 3.61. The first kappa shape index (κ1) is 19.5. The van der Waals surface area contributed by atoms with Crippen molar-refractivity contribution in [3.8, 4) is 0 Å². The van der Waals surface area contributed by atoms with Gasteiger partial charge < -0.3 is 9.88 Å². The summed E-state index contributed by atoms with van der Waals surface area (Å²) in [5.74, 6) is 1.36. The van der Waals surface area contributed by atoms with Crippen molar-refractivity contribution in [3.05, 3.63) is 76.1 Å². The summed E-state index contributed by atoms with van der Waals surface area (Å²) < 4.78 is 1.92. The molecule has 0 aliphatic heterocycles. The van der Waals surface area contributed by atoms with Crippen LogP contribution in [0.25, 0.3) is 0 Å². The monoisotopic (exact) mass is 400 g/mol. The third-order valence-corrected chi connectivity index (χ3v) is 5.54. The minimum Gasteiger partial charge on any atom is -0.342 e. The highest BCUT2D eigenvalue weighted by molar-refractivity contribution is 7.98. The minimum atomic E-state index is -0.249. The van der Waals surface area contributed by atoms with E-state index in [0.717, 1.165) is 27.1 Å². The Hall–Kier alpha value is -2.31.